The molecule has 2 aromatic rings. The minimum atomic E-state index is -0.334. The summed E-state index contributed by atoms with van der Waals surface area (Å²) >= 11 is 0. The molecule has 0 saturated carbocycles. The summed E-state index contributed by atoms with van der Waals surface area (Å²) in [6.45, 7) is 2.92. The van der Waals surface area contributed by atoms with E-state index in [0.29, 0.717) is 24.0 Å². The van der Waals surface area contributed by atoms with E-state index in [1.54, 1.807) is 24.3 Å². The largest absolute Gasteiger partial charge is 0.485 e. The Labute approximate surface area is 152 Å². The average Bonchev–Trinajstić information content (AvgIpc) is 3.13. The molecule has 6 nitrogen and oxygen atoms in total. The van der Waals surface area contributed by atoms with Crippen LogP contribution in [0.25, 0.3) is 0 Å². The predicted octanol–water partition coefficient (Wildman–Crippen LogP) is 2.75. The Morgan fingerprint density at radius 3 is 2.77 bits per heavy atom. The first-order valence-electron chi connectivity index (χ1n) is 9.07. The van der Waals surface area contributed by atoms with Crippen LogP contribution in [-0.4, -0.2) is 42.4 Å². The summed E-state index contributed by atoms with van der Waals surface area (Å²) in [5, 5.41) is 0. The molecular weight excluding hydrogens is 335 g/mol. The minimum Gasteiger partial charge on any atom is -0.485 e. The number of ether oxygens (including phenoxy) is 2. The summed E-state index contributed by atoms with van der Waals surface area (Å²) in [4.78, 5) is 11.3. The van der Waals surface area contributed by atoms with Crippen LogP contribution in [0.3, 0.4) is 0 Å². The number of rotatable bonds is 4. The standard InChI is InChI=1S/C19H23FN4O2/c20-15-3-1-2-4-16(15)26-14-5-8-24(12-14)18-11-17(21)22-19(23-18)13-6-9-25-10-7-13/h1-4,11,13-14H,5-10,12H2,(H2,21,22,23). The molecule has 26 heavy (non-hydrogen) atoms. The molecule has 1 aromatic carbocycles. The molecule has 2 aliphatic heterocycles. The van der Waals surface area contributed by atoms with Crippen LogP contribution < -0.4 is 15.4 Å². The molecule has 1 atom stereocenters. The Hall–Kier alpha value is -2.41. The molecule has 0 aliphatic carbocycles. The Kier molecular flexibility index (Phi) is 4.88. The third-order valence-electron chi connectivity index (χ3n) is 4.94. The van der Waals surface area contributed by atoms with E-state index in [1.807, 2.05) is 0 Å². The van der Waals surface area contributed by atoms with Crippen molar-refractivity contribution < 1.29 is 13.9 Å². The Morgan fingerprint density at radius 2 is 1.96 bits per heavy atom. The SMILES string of the molecule is Nc1cc(N2CCC(Oc3ccccc3F)C2)nc(C2CCOCC2)n1. The number of aromatic nitrogens is 2. The van der Waals surface area contributed by atoms with Crippen LogP contribution in [0.5, 0.6) is 5.75 Å². The molecule has 138 valence electrons. The summed E-state index contributed by atoms with van der Waals surface area (Å²) < 4.78 is 25.0. The van der Waals surface area contributed by atoms with Crippen LogP contribution in [0.2, 0.25) is 0 Å². The zero-order valence-electron chi connectivity index (χ0n) is 14.6. The van der Waals surface area contributed by atoms with Gasteiger partial charge in [-0.3, -0.25) is 0 Å². The number of nitrogens with two attached hydrogens (primary N) is 1. The first kappa shape index (κ1) is 17.0. The minimum absolute atomic E-state index is 0.0744. The van der Waals surface area contributed by atoms with Crippen LogP contribution in [0.15, 0.2) is 30.3 Å². The van der Waals surface area contributed by atoms with Crippen molar-refractivity contribution in [3.8, 4) is 5.75 Å². The Balaban J connectivity index is 1.46. The van der Waals surface area contributed by atoms with E-state index in [4.69, 9.17) is 20.2 Å². The number of halogens is 1. The van der Waals surface area contributed by atoms with E-state index < -0.39 is 0 Å². The van der Waals surface area contributed by atoms with Gasteiger partial charge in [0.15, 0.2) is 11.6 Å². The van der Waals surface area contributed by atoms with Gasteiger partial charge in [-0.15, -0.1) is 0 Å². The molecule has 3 heterocycles. The van der Waals surface area contributed by atoms with Gasteiger partial charge in [-0.25, -0.2) is 14.4 Å². The number of hydrogen-bond donors (Lipinski definition) is 1. The molecule has 4 rings (SSSR count). The van der Waals surface area contributed by atoms with Gasteiger partial charge < -0.3 is 20.1 Å². The maximum absolute atomic E-state index is 13.8. The highest BCUT2D eigenvalue weighted by molar-refractivity contribution is 5.48. The molecule has 1 aromatic heterocycles. The van der Waals surface area contributed by atoms with Crippen molar-refractivity contribution in [3.63, 3.8) is 0 Å². The summed E-state index contributed by atoms with van der Waals surface area (Å²) in [6, 6.07) is 8.30. The second kappa shape index (κ2) is 7.45. The van der Waals surface area contributed by atoms with Crippen LogP contribution in [0.4, 0.5) is 16.0 Å². The van der Waals surface area contributed by atoms with E-state index in [1.165, 1.54) is 6.07 Å². The van der Waals surface area contributed by atoms with Gasteiger partial charge in [0, 0.05) is 38.2 Å². The van der Waals surface area contributed by atoms with Gasteiger partial charge in [0.05, 0.1) is 6.54 Å². The summed E-state index contributed by atoms with van der Waals surface area (Å²) in [6.07, 6.45) is 2.57. The molecule has 2 aliphatic rings. The quantitative estimate of drug-likeness (QED) is 0.906. The van der Waals surface area contributed by atoms with Gasteiger partial charge in [-0.2, -0.15) is 0 Å². The van der Waals surface area contributed by atoms with Crippen molar-refractivity contribution in [2.24, 2.45) is 0 Å². The smallest absolute Gasteiger partial charge is 0.165 e. The molecule has 2 fully saturated rings. The fraction of sp³-hybridized carbons (Fsp3) is 0.474. The maximum Gasteiger partial charge on any atom is 0.165 e. The van der Waals surface area contributed by atoms with E-state index >= 15 is 0 Å². The van der Waals surface area contributed by atoms with Gasteiger partial charge in [-0.1, -0.05) is 12.1 Å². The first-order valence-corrected chi connectivity index (χ1v) is 9.07. The fourth-order valence-electron chi connectivity index (χ4n) is 3.52. The Morgan fingerprint density at radius 1 is 1.15 bits per heavy atom. The lowest BCUT2D eigenvalue weighted by molar-refractivity contribution is 0.0836. The maximum atomic E-state index is 13.8. The third kappa shape index (κ3) is 3.72. The first-order chi connectivity index (χ1) is 12.7. The number of para-hydroxylation sites is 1. The topological polar surface area (TPSA) is 73.5 Å². The third-order valence-corrected chi connectivity index (χ3v) is 4.94. The number of hydrogen-bond acceptors (Lipinski definition) is 6. The number of nitrogen functional groups attached to an aromatic ring is 1. The van der Waals surface area contributed by atoms with E-state index in [-0.39, 0.29) is 11.9 Å². The van der Waals surface area contributed by atoms with Crippen molar-refractivity contribution in [1.82, 2.24) is 9.97 Å². The molecule has 0 bridgehead atoms. The van der Waals surface area contributed by atoms with E-state index in [2.05, 4.69) is 9.88 Å². The predicted molar refractivity (Wildman–Crippen MR) is 96.9 cm³/mol. The molecular formula is C19H23FN4O2. The summed E-state index contributed by atoms with van der Waals surface area (Å²) in [5.41, 5.74) is 6.02. The van der Waals surface area contributed by atoms with Crippen LogP contribution >= 0.6 is 0 Å². The highest BCUT2D eigenvalue weighted by Gasteiger charge is 2.27. The van der Waals surface area contributed by atoms with Crippen molar-refractivity contribution in [1.29, 1.82) is 0 Å². The normalized spacial score (nSPS) is 21.1. The van der Waals surface area contributed by atoms with Crippen LogP contribution in [0, 0.1) is 5.82 Å². The zero-order chi connectivity index (χ0) is 17.9. The van der Waals surface area contributed by atoms with Gasteiger partial charge >= 0.3 is 0 Å². The van der Waals surface area contributed by atoms with Crippen LogP contribution in [-0.2, 0) is 4.74 Å². The second-order valence-corrected chi connectivity index (χ2v) is 6.80. The molecule has 2 N–H and O–H groups in total. The van der Waals surface area contributed by atoms with E-state index in [0.717, 1.165) is 50.7 Å². The van der Waals surface area contributed by atoms with Crippen molar-refractivity contribution in [2.75, 3.05) is 36.9 Å². The van der Waals surface area contributed by atoms with Gasteiger partial charge in [0.25, 0.3) is 0 Å². The molecule has 2 saturated heterocycles. The van der Waals surface area contributed by atoms with Crippen molar-refractivity contribution >= 4 is 11.6 Å². The zero-order valence-corrected chi connectivity index (χ0v) is 14.6. The monoisotopic (exact) mass is 358 g/mol. The van der Waals surface area contributed by atoms with Crippen molar-refractivity contribution in [2.45, 2.75) is 31.3 Å². The molecule has 0 amide bonds. The second-order valence-electron chi connectivity index (χ2n) is 6.80. The summed E-state index contributed by atoms with van der Waals surface area (Å²) in [5.74, 6) is 2.35. The molecule has 0 radical (unpaired) electrons. The average molecular weight is 358 g/mol. The highest BCUT2D eigenvalue weighted by Crippen LogP contribution is 2.29. The lowest BCUT2D eigenvalue weighted by Crippen LogP contribution is -2.26. The van der Waals surface area contributed by atoms with Crippen LogP contribution in [0.1, 0.15) is 31.0 Å². The number of anilines is 2. The molecule has 0 spiro atoms. The van der Waals surface area contributed by atoms with Crippen molar-refractivity contribution in [3.05, 3.63) is 42.0 Å². The Bertz CT molecular complexity index is 767. The lowest BCUT2D eigenvalue weighted by Gasteiger charge is -2.23. The molecule has 1 unspecified atom stereocenters. The van der Waals surface area contributed by atoms with Gasteiger partial charge in [0.1, 0.15) is 23.6 Å². The highest BCUT2D eigenvalue weighted by atomic mass is 19.1. The number of nitrogens with zero attached hydrogens (tertiary/aromatic N) is 3. The number of benzene rings is 1. The fourth-order valence-corrected chi connectivity index (χ4v) is 3.52. The molecule has 7 heteroatoms. The van der Waals surface area contributed by atoms with Gasteiger partial charge in [-0.05, 0) is 25.0 Å². The van der Waals surface area contributed by atoms with Gasteiger partial charge in [0.2, 0.25) is 0 Å². The lowest BCUT2D eigenvalue weighted by atomic mass is 9.99. The van der Waals surface area contributed by atoms with E-state index in [9.17, 15) is 4.39 Å². The summed E-state index contributed by atoms with van der Waals surface area (Å²) in [7, 11) is 0.